The summed E-state index contributed by atoms with van der Waals surface area (Å²) in [7, 11) is 0. The summed E-state index contributed by atoms with van der Waals surface area (Å²) in [5, 5.41) is 14.9. The average molecular weight is 228 g/mol. The Morgan fingerprint density at radius 1 is 1.38 bits per heavy atom. The van der Waals surface area contributed by atoms with E-state index in [1.165, 1.54) is 32.4 Å². The summed E-state index contributed by atoms with van der Waals surface area (Å²) in [6, 6.07) is 0.276. The Labute approximate surface area is 97.7 Å². The van der Waals surface area contributed by atoms with Crippen LogP contribution in [0.5, 0.6) is 0 Å². The second-order valence-corrected chi connectivity index (χ2v) is 4.68. The number of piperidine rings is 1. The summed E-state index contributed by atoms with van der Waals surface area (Å²) >= 11 is 0. The van der Waals surface area contributed by atoms with E-state index in [1.54, 1.807) is 0 Å². The van der Waals surface area contributed by atoms with Crippen LogP contribution in [-0.2, 0) is 0 Å². The van der Waals surface area contributed by atoms with E-state index in [0.29, 0.717) is 6.04 Å². The fraction of sp³-hybridized carbons (Fsp3) is 0.909. The van der Waals surface area contributed by atoms with Gasteiger partial charge in [-0.15, -0.1) is 0 Å². The summed E-state index contributed by atoms with van der Waals surface area (Å²) < 4.78 is 0. The molecule has 0 amide bonds. The Kier molecular flexibility index (Phi) is 5.55. The Morgan fingerprint density at radius 3 is 2.56 bits per heavy atom. The number of nitrogens with one attached hydrogen (secondary N) is 1. The molecule has 0 bridgehead atoms. The van der Waals surface area contributed by atoms with Crippen molar-refractivity contribution in [1.29, 1.82) is 0 Å². The zero-order chi connectivity index (χ0) is 12.0. The molecule has 1 aliphatic rings. The first kappa shape index (κ1) is 13.3. The highest BCUT2D eigenvalue weighted by atomic mass is 16.4. The SMILES string of the molecule is CC(CN1CCCCC1)NC(C)C(N)=NO. The third-order valence-corrected chi connectivity index (χ3v) is 3.07. The van der Waals surface area contributed by atoms with E-state index < -0.39 is 0 Å². The van der Waals surface area contributed by atoms with Crippen LogP contribution >= 0.6 is 0 Å². The first-order chi connectivity index (χ1) is 7.63. The topological polar surface area (TPSA) is 73.9 Å². The van der Waals surface area contributed by atoms with Crippen molar-refractivity contribution in [3.63, 3.8) is 0 Å². The molecule has 1 heterocycles. The number of rotatable bonds is 5. The first-order valence-electron chi connectivity index (χ1n) is 6.09. The number of likely N-dealkylation sites (tertiary alicyclic amines) is 1. The zero-order valence-electron chi connectivity index (χ0n) is 10.3. The molecule has 2 atom stereocenters. The van der Waals surface area contributed by atoms with Gasteiger partial charge in [0.05, 0.1) is 6.04 Å². The predicted molar refractivity (Wildman–Crippen MR) is 65.8 cm³/mol. The molecule has 0 radical (unpaired) electrons. The van der Waals surface area contributed by atoms with Crippen molar-refractivity contribution >= 4 is 5.84 Å². The van der Waals surface area contributed by atoms with Gasteiger partial charge in [-0.25, -0.2) is 0 Å². The lowest BCUT2D eigenvalue weighted by Crippen LogP contribution is -2.48. The molecule has 2 unspecified atom stereocenters. The average Bonchev–Trinajstić information content (AvgIpc) is 2.29. The molecule has 1 rings (SSSR count). The number of amidine groups is 1. The van der Waals surface area contributed by atoms with Crippen LogP contribution in [0.15, 0.2) is 5.16 Å². The van der Waals surface area contributed by atoms with Crippen LogP contribution < -0.4 is 11.1 Å². The molecule has 0 aliphatic carbocycles. The first-order valence-corrected chi connectivity index (χ1v) is 6.09. The maximum absolute atomic E-state index is 8.55. The van der Waals surface area contributed by atoms with Crippen molar-refractivity contribution < 1.29 is 5.21 Å². The monoisotopic (exact) mass is 228 g/mol. The fourth-order valence-electron chi connectivity index (χ4n) is 2.18. The number of nitrogens with two attached hydrogens (primary N) is 1. The highest BCUT2D eigenvalue weighted by Gasteiger charge is 2.16. The van der Waals surface area contributed by atoms with Crippen LogP contribution in [0.25, 0.3) is 0 Å². The van der Waals surface area contributed by atoms with Crippen LogP contribution in [0.4, 0.5) is 0 Å². The Hall–Kier alpha value is -0.810. The van der Waals surface area contributed by atoms with Gasteiger partial charge in [-0.3, -0.25) is 0 Å². The maximum Gasteiger partial charge on any atom is 0.156 e. The van der Waals surface area contributed by atoms with Crippen LogP contribution in [-0.4, -0.2) is 47.7 Å². The lowest BCUT2D eigenvalue weighted by atomic mass is 10.1. The smallest absolute Gasteiger partial charge is 0.156 e. The number of hydrogen-bond acceptors (Lipinski definition) is 4. The maximum atomic E-state index is 8.55. The van der Waals surface area contributed by atoms with Crippen molar-refractivity contribution in [2.45, 2.75) is 45.2 Å². The highest BCUT2D eigenvalue weighted by Crippen LogP contribution is 2.08. The molecule has 0 aromatic heterocycles. The van der Waals surface area contributed by atoms with Crippen molar-refractivity contribution in [2.24, 2.45) is 10.9 Å². The van der Waals surface area contributed by atoms with Gasteiger partial charge in [0.1, 0.15) is 0 Å². The predicted octanol–water partition coefficient (Wildman–Crippen LogP) is 0.585. The van der Waals surface area contributed by atoms with E-state index in [0.717, 1.165) is 6.54 Å². The third-order valence-electron chi connectivity index (χ3n) is 3.07. The van der Waals surface area contributed by atoms with Crippen molar-refractivity contribution in [1.82, 2.24) is 10.2 Å². The second-order valence-electron chi connectivity index (χ2n) is 4.68. The van der Waals surface area contributed by atoms with Crippen LogP contribution in [0, 0.1) is 0 Å². The van der Waals surface area contributed by atoms with Gasteiger partial charge in [-0.05, 0) is 39.8 Å². The summed E-state index contributed by atoms with van der Waals surface area (Å²) in [4.78, 5) is 2.47. The van der Waals surface area contributed by atoms with Gasteiger partial charge in [0.15, 0.2) is 5.84 Å². The molecule has 94 valence electrons. The molecule has 0 aromatic carbocycles. The normalized spacial score (nSPS) is 23.0. The Bertz CT molecular complexity index is 226. The number of hydrogen-bond donors (Lipinski definition) is 3. The molecule has 0 saturated carbocycles. The second kappa shape index (κ2) is 6.70. The Morgan fingerprint density at radius 2 is 2.00 bits per heavy atom. The standard InChI is InChI=1S/C11H24N4O/c1-9(13-10(2)11(12)14-16)8-15-6-4-3-5-7-15/h9-10,13,16H,3-8H2,1-2H3,(H2,12,14). The lowest BCUT2D eigenvalue weighted by molar-refractivity contribution is 0.208. The van der Waals surface area contributed by atoms with Gasteiger partial charge < -0.3 is 21.2 Å². The molecule has 16 heavy (non-hydrogen) atoms. The molecule has 1 fully saturated rings. The fourth-order valence-corrected chi connectivity index (χ4v) is 2.18. The van der Waals surface area contributed by atoms with E-state index in [9.17, 15) is 0 Å². The van der Waals surface area contributed by atoms with Crippen LogP contribution in [0.3, 0.4) is 0 Å². The van der Waals surface area contributed by atoms with Crippen molar-refractivity contribution in [3.8, 4) is 0 Å². The molecular formula is C11H24N4O. The minimum Gasteiger partial charge on any atom is -0.409 e. The van der Waals surface area contributed by atoms with Crippen LogP contribution in [0.1, 0.15) is 33.1 Å². The van der Waals surface area contributed by atoms with E-state index >= 15 is 0 Å². The highest BCUT2D eigenvalue weighted by molar-refractivity contribution is 5.84. The Balaban J connectivity index is 2.26. The van der Waals surface area contributed by atoms with E-state index in [-0.39, 0.29) is 11.9 Å². The molecule has 0 aromatic rings. The van der Waals surface area contributed by atoms with Gasteiger partial charge in [0, 0.05) is 12.6 Å². The number of nitrogens with zero attached hydrogens (tertiary/aromatic N) is 2. The van der Waals surface area contributed by atoms with Crippen LogP contribution in [0.2, 0.25) is 0 Å². The molecule has 4 N–H and O–H groups in total. The number of oxime groups is 1. The molecular weight excluding hydrogens is 204 g/mol. The summed E-state index contributed by atoms with van der Waals surface area (Å²) in [6.45, 7) is 7.47. The van der Waals surface area contributed by atoms with Crippen molar-refractivity contribution in [2.75, 3.05) is 19.6 Å². The van der Waals surface area contributed by atoms with Gasteiger partial charge in [-0.1, -0.05) is 11.6 Å². The van der Waals surface area contributed by atoms with Gasteiger partial charge in [-0.2, -0.15) is 0 Å². The largest absolute Gasteiger partial charge is 0.409 e. The van der Waals surface area contributed by atoms with Crippen molar-refractivity contribution in [3.05, 3.63) is 0 Å². The lowest BCUT2D eigenvalue weighted by Gasteiger charge is -2.30. The quantitative estimate of drug-likeness (QED) is 0.279. The van der Waals surface area contributed by atoms with Gasteiger partial charge in [0.25, 0.3) is 0 Å². The minimum absolute atomic E-state index is 0.0789. The summed E-state index contributed by atoms with van der Waals surface area (Å²) in [5.74, 6) is 0.241. The van der Waals surface area contributed by atoms with E-state index in [2.05, 4.69) is 22.3 Å². The zero-order valence-corrected chi connectivity index (χ0v) is 10.3. The molecule has 5 nitrogen and oxygen atoms in total. The third kappa shape index (κ3) is 4.37. The van der Waals surface area contributed by atoms with E-state index in [4.69, 9.17) is 10.9 Å². The minimum atomic E-state index is -0.0789. The van der Waals surface area contributed by atoms with E-state index in [1.807, 2.05) is 6.92 Å². The molecule has 0 spiro atoms. The molecule has 1 aliphatic heterocycles. The summed E-state index contributed by atoms with van der Waals surface area (Å²) in [6.07, 6.45) is 3.98. The van der Waals surface area contributed by atoms with Gasteiger partial charge in [0.2, 0.25) is 0 Å². The summed E-state index contributed by atoms with van der Waals surface area (Å²) in [5.41, 5.74) is 5.52. The molecule has 1 saturated heterocycles. The molecule has 5 heteroatoms. The van der Waals surface area contributed by atoms with Gasteiger partial charge >= 0.3 is 0 Å².